The molecule has 5 amide bonds. The minimum Gasteiger partial charge on any atom is -0.444 e. The number of aliphatic imine (C=N–C) groups is 1. The smallest absolute Gasteiger partial charge is 0.414 e. The first kappa shape index (κ1) is 47.6. The number of hydrogen-bond donors (Lipinski definition) is 5. The summed E-state index contributed by atoms with van der Waals surface area (Å²) in [6, 6.07) is 10.1. The molecular weight excluding hydrogens is 694 g/mol. The topological polar surface area (TPSA) is 189 Å². The number of guanidine groups is 1. The molecular formula is C39H67N7O8. The molecule has 15 heteroatoms. The summed E-state index contributed by atoms with van der Waals surface area (Å²) in [5.74, 6) is -1.39. The summed E-state index contributed by atoms with van der Waals surface area (Å²) in [5.41, 5.74) is -0.819. The van der Waals surface area contributed by atoms with Gasteiger partial charge in [0.15, 0.2) is 0 Å². The highest BCUT2D eigenvalue weighted by Gasteiger charge is 2.22. The van der Waals surface area contributed by atoms with Crippen LogP contribution in [0, 0.1) is 0 Å². The van der Waals surface area contributed by atoms with E-state index in [1.165, 1.54) is 5.56 Å². The van der Waals surface area contributed by atoms with Crippen LogP contribution in [0.15, 0.2) is 35.3 Å². The maximum atomic E-state index is 12.3. The SMILES string of the molecule is CC(CCN(CCCCNC(=O)C(=O)NCCCCCCN=C(NC(=O)OC(C)(C)C)NC(=O)OC(C)(C)C)Cc1ccccc1)NC(=O)OC(C)(C)C. The van der Waals surface area contributed by atoms with Gasteiger partial charge in [-0.25, -0.2) is 14.4 Å². The number of unbranched alkanes of at least 4 members (excludes halogenated alkanes) is 4. The van der Waals surface area contributed by atoms with Gasteiger partial charge in [0.2, 0.25) is 5.96 Å². The van der Waals surface area contributed by atoms with Gasteiger partial charge in [0, 0.05) is 38.8 Å². The third-order valence-electron chi connectivity index (χ3n) is 7.16. The van der Waals surface area contributed by atoms with Crippen LogP contribution in [0.25, 0.3) is 0 Å². The van der Waals surface area contributed by atoms with Gasteiger partial charge in [-0.3, -0.25) is 30.1 Å². The van der Waals surface area contributed by atoms with Crippen LogP contribution in [0.2, 0.25) is 0 Å². The van der Waals surface area contributed by atoms with E-state index in [-0.39, 0.29) is 12.0 Å². The Kier molecular flexibility index (Phi) is 21.2. The molecule has 15 nitrogen and oxygen atoms in total. The Morgan fingerprint density at radius 1 is 0.648 bits per heavy atom. The van der Waals surface area contributed by atoms with E-state index in [1.54, 1.807) is 41.5 Å². The molecule has 0 spiro atoms. The number of amides is 5. The van der Waals surface area contributed by atoms with E-state index in [9.17, 15) is 24.0 Å². The van der Waals surface area contributed by atoms with Crippen molar-refractivity contribution in [2.45, 2.75) is 144 Å². The molecule has 0 aromatic heterocycles. The Morgan fingerprint density at radius 3 is 1.65 bits per heavy atom. The molecule has 0 aliphatic rings. The predicted molar refractivity (Wildman–Crippen MR) is 210 cm³/mol. The third kappa shape index (κ3) is 26.4. The Labute approximate surface area is 322 Å². The highest BCUT2D eigenvalue weighted by molar-refractivity contribution is 6.35. The van der Waals surface area contributed by atoms with Gasteiger partial charge < -0.3 is 30.2 Å². The number of carbonyl (C=O) groups is 5. The molecule has 5 N–H and O–H groups in total. The molecule has 1 aromatic carbocycles. The van der Waals surface area contributed by atoms with Gasteiger partial charge in [-0.1, -0.05) is 43.2 Å². The highest BCUT2D eigenvalue weighted by Crippen LogP contribution is 2.11. The molecule has 0 saturated heterocycles. The van der Waals surface area contributed by atoms with Gasteiger partial charge in [-0.05, 0) is 113 Å². The molecule has 0 bridgehead atoms. The molecule has 1 unspecified atom stereocenters. The lowest BCUT2D eigenvalue weighted by atomic mass is 10.1. The van der Waals surface area contributed by atoms with Crippen molar-refractivity contribution in [1.29, 1.82) is 0 Å². The first-order valence-electron chi connectivity index (χ1n) is 19.0. The van der Waals surface area contributed by atoms with Crippen molar-refractivity contribution in [2.75, 3.05) is 32.7 Å². The normalized spacial score (nSPS) is 12.2. The Hall–Kier alpha value is -4.40. The summed E-state index contributed by atoms with van der Waals surface area (Å²) in [5, 5.41) is 13.2. The van der Waals surface area contributed by atoms with Crippen molar-refractivity contribution in [1.82, 2.24) is 31.5 Å². The first-order chi connectivity index (χ1) is 25.1. The van der Waals surface area contributed by atoms with Gasteiger partial charge in [0.25, 0.3) is 0 Å². The zero-order valence-electron chi connectivity index (χ0n) is 34.3. The number of rotatable bonds is 18. The molecule has 1 aromatic rings. The van der Waals surface area contributed by atoms with Crippen molar-refractivity contribution in [3.05, 3.63) is 35.9 Å². The van der Waals surface area contributed by atoms with Crippen LogP contribution in [-0.4, -0.2) is 96.5 Å². The molecule has 0 radical (unpaired) electrons. The third-order valence-corrected chi connectivity index (χ3v) is 7.16. The molecule has 1 rings (SSSR count). The second-order valence-electron chi connectivity index (χ2n) is 16.2. The van der Waals surface area contributed by atoms with E-state index in [2.05, 4.69) is 48.6 Å². The average Bonchev–Trinajstić information content (AvgIpc) is 3.01. The van der Waals surface area contributed by atoms with Crippen LogP contribution in [0.1, 0.15) is 120 Å². The summed E-state index contributed by atoms with van der Waals surface area (Å²) in [6.45, 7) is 21.2. The number of carbonyl (C=O) groups excluding carboxylic acids is 5. The molecule has 0 heterocycles. The van der Waals surface area contributed by atoms with Gasteiger partial charge in [-0.15, -0.1) is 0 Å². The Bertz CT molecular complexity index is 1300. The minimum absolute atomic E-state index is 0.0621. The lowest BCUT2D eigenvalue weighted by Gasteiger charge is -2.25. The van der Waals surface area contributed by atoms with E-state index >= 15 is 0 Å². The largest absolute Gasteiger partial charge is 0.444 e. The number of hydrogen-bond acceptors (Lipinski definition) is 10. The monoisotopic (exact) mass is 762 g/mol. The van der Waals surface area contributed by atoms with Gasteiger partial charge in [0.1, 0.15) is 16.8 Å². The summed E-state index contributed by atoms with van der Waals surface area (Å²) in [4.78, 5) is 67.9. The predicted octanol–water partition coefficient (Wildman–Crippen LogP) is 5.77. The van der Waals surface area contributed by atoms with Crippen molar-refractivity contribution in [2.24, 2.45) is 4.99 Å². The van der Waals surface area contributed by atoms with E-state index < -0.39 is 46.9 Å². The van der Waals surface area contributed by atoms with Crippen LogP contribution < -0.4 is 26.6 Å². The number of benzene rings is 1. The summed E-state index contributed by atoms with van der Waals surface area (Å²) < 4.78 is 15.9. The van der Waals surface area contributed by atoms with E-state index in [0.29, 0.717) is 38.9 Å². The van der Waals surface area contributed by atoms with Gasteiger partial charge in [0.05, 0.1) is 0 Å². The fourth-order valence-corrected chi connectivity index (χ4v) is 4.79. The van der Waals surface area contributed by atoms with Crippen molar-refractivity contribution < 1.29 is 38.2 Å². The second-order valence-corrected chi connectivity index (χ2v) is 16.2. The van der Waals surface area contributed by atoms with Gasteiger partial charge >= 0.3 is 30.1 Å². The van der Waals surface area contributed by atoms with E-state index in [1.807, 2.05) is 45.9 Å². The Balaban J connectivity index is 2.39. The maximum absolute atomic E-state index is 12.3. The van der Waals surface area contributed by atoms with Crippen LogP contribution >= 0.6 is 0 Å². The van der Waals surface area contributed by atoms with Crippen LogP contribution in [0.3, 0.4) is 0 Å². The number of nitrogens with zero attached hydrogens (tertiary/aromatic N) is 2. The number of ether oxygens (including phenoxy) is 3. The summed E-state index contributed by atoms with van der Waals surface area (Å²) in [7, 11) is 0. The number of nitrogens with one attached hydrogen (secondary N) is 5. The van der Waals surface area contributed by atoms with E-state index in [0.717, 1.165) is 45.3 Å². The molecule has 54 heavy (non-hydrogen) atoms. The minimum atomic E-state index is -0.754. The standard InChI is InChI=1S/C39H67N7O8/c1-29(43-34(49)52-37(2,3)4)22-27-46(28-30-20-14-13-15-21-30)26-19-18-24-41-32(48)31(47)40-23-16-11-12-17-25-42-33(44-35(50)53-38(5,6)7)45-36(51)54-39(8,9)10/h13-15,20-21,29H,11-12,16-19,22-28H2,1-10H3,(H,40,47)(H,41,48)(H,43,49)(H2,42,44,45,50,51). The highest BCUT2D eigenvalue weighted by atomic mass is 16.6. The van der Waals surface area contributed by atoms with Crippen LogP contribution in [0.5, 0.6) is 0 Å². The van der Waals surface area contributed by atoms with Crippen LogP contribution in [-0.2, 0) is 30.3 Å². The zero-order valence-corrected chi connectivity index (χ0v) is 34.3. The fraction of sp³-hybridized carbons (Fsp3) is 0.692. The second kappa shape index (κ2) is 24.1. The van der Waals surface area contributed by atoms with Crippen molar-refractivity contribution >= 4 is 36.1 Å². The zero-order chi connectivity index (χ0) is 40.8. The lowest BCUT2D eigenvalue weighted by Crippen LogP contribution is -2.47. The molecule has 0 saturated carbocycles. The fourth-order valence-electron chi connectivity index (χ4n) is 4.79. The lowest BCUT2D eigenvalue weighted by molar-refractivity contribution is -0.139. The molecule has 306 valence electrons. The first-order valence-corrected chi connectivity index (χ1v) is 19.0. The average molecular weight is 762 g/mol. The molecule has 0 fully saturated rings. The van der Waals surface area contributed by atoms with Crippen molar-refractivity contribution in [3.63, 3.8) is 0 Å². The molecule has 1 atom stereocenters. The van der Waals surface area contributed by atoms with E-state index in [4.69, 9.17) is 14.2 Å². The quantitative estimate of drug-likeness (QED) is 0.0407. The molecule has 0 aliphatic heterocycles. The number of alkyl carbamates (subject to hydrolysis) is 3. The van der Waals surface area contributed by atoms with Crippen LogP contribution in [0.4, 0.5) is 14.4 Å². The maximum Gasteiger partial charge on any atom is 0.414 e. The summed E-state index contributed by atoms with van der Waals surface area (Å²) in [6.07, 6.45) is 3.23. The molecule has 0 aliphatic carbocycles. The van der Waals surface area contributed by atoms with Crippen molar-refractivity contribution in [3.8, 4) is 0 Å². The summed E-state index contributed by atoms with van der Waals surface area (Å²) >= 11 is 0. The van der Waals surface area contributed by atoms with Gasteiger partial charge in [-0.2, -0.15) is 0 Å². The Morgan fingerprint density at radius 2 is 1.13 bits per heavy atom.